The monoisotopic (exact) mass is 1390 g/mol. The summed E-state index contributed by atoms with van der Waals surface area (Å²) in [6.07, 6.45) is 5.95. The van der Waals surface area contributed by atoms with Gasteiger partial charge >= 0.3 is 6.16 Å². The van der Waals surface area contributed by atoms with Crippen LogP contribution in [0.3, 0.4) is 0 Å². The van der Waals surface area contributed by atoms with E-state index in [1.54, 1.807) is 12.4 Å². The second kappa shape index (κ2) is 42.6. The van der Waals surface area contributed by atoms with Crippen LogP contribution in [0.25, 0.3) is 0 Å². The number of hydrogen-bond acceptors (Lipinski definition) is 17. The minimum atomic E-state index is -0.766. The van der Waals surface area contributed by atoms with E-state index in [9.17, 15) is 14.4 Å². The average Bonchev–Trinajstić information content (AvgIpc) is 0.775. The van der Waals surface area contributed by atoms with E-state index in [1.165, 1.54) is 12.1 Å². The van der Waals surface area contributed by atoms with E-state index in [4.69, 9.17) is 66.3 Å². The number of carbonyl (C=O) groups excluding carboxylic acids is 1. The molecule has 0 amide bonds. The predicted octanol–water partition coefficient (Wildman–Crippen LogP) is 14.0. The zero-order valence-electron chi connectivity index (χ0n) is 62.5. The molecular formula is C81H116N2O17. The van der Waals surface area contributed by atoms with Gasteiger partial charge in [-0.15, -0.1) is 0 Å². The minimum absolute atomic E-state index is 0.138. The van der Waals surface area contributed by atoms with Crippen LogP contribution in [0, 0.1) is 13.8 Å². The molecule has 100 heavy (non-hydrogen) atoms. The fourth-order valence-corrected chi connectivity index (χ4v) is 11.0. The van der Waals surface area contributed by atoms with Gasteiger partial charge in [-0.05, 0) is 83.4 Å². The van der Waals surface area contributed by atoms with Crippen LogP contribution < -0.4 is 29.8 Å². The van der Waals surface area contributed by atoms with Gasteiger partial charge in [0.1, 0.15) is 24.7 Å². The van der Waals surface area contributed by atoms with Crippen LogP contribution in [-0.2, 0) is 108 Å². The lowest BCUT2D eigenvalue weighted by Crippen LogP contribution is -2.26. The lowest BCUT2D eigenvalue weighted by Gasteiger charge is -2.31. The van der Waals surface area contributed by atoms with Gasteiger partial charge < -0.3 is 75.5 Å². The first-order valence-electron chi connectivity index (χ1n) is 35.6. The Morgan fingerprint density at radius 1 is 0.330 bits per heavy atom. The molecular weight excluding hydrogens is 1270 g/mol. The molecule has 0 aliphatic rings. The number of rotatable bonds is 46. The summed E-state index contributed by atoms with van der Waals surface area (Å²) in [5.41, 5.74) is 7.87. The predicted molar refractivity (Wildman–Crippen MR) is 392 cm³/mol. The molecule has 6 rings (SSSR count). The summed E-state index contributed by atoms with van der Waals surface area (Å²) in [6, 6.07) is 31.3. The van der Waals surface area contributed by atoms with Crippen molar-refractivity contribution in [2.75, 3.05) is 132 Å². The van der Waals surface area contributed by atoms with Gasteiger partial charge in [0.05, 0.1) is 130 Å². The van der Waals surface area contributed by atoms with E-state index in [0.717, 1.165) is 81.6 Å². The van der Waals surface area contributed by atoms with Crippen molar-refractivity contribution in [3.63, 3.8) is 0 Å². The second-order valence-electron chi connectivity index (χ2n) is 28.9. The number of aryl methyl sites for hydroxylation is 2. The maximum absolute atomic E-state index is 14.4. The summed E-state index contributed by atoms with van der Waals surface area (Å²) in [6.45, 7) is 40.7. The summed E-state index contributed by atoms with van der Waals surface area (Å²) in [5.74, 6) is 1.79. The molecule has 0 atom stereocenters. The first kappa shape index (κ1) is 82.2. The number of pyridine rings is 2. The number of ether oxygens (including phenoxy) is 14. The topological polar surface area (TPSA) is 190 Å². The first-order chi connectivity index (χ1) is 47.8. The molecule has 19 heteroatoms. The summed E-state index contributed by atoms with van der Waals surface area (Å²) in [4.78, 5) is 39.4. The normalized spacial score (nSPS) is 12.1. The van der Waals surface area contributed by atoms with Gasteiger partial charge in [-0.2, -0.15) is 0 Å². The molecule has 0 bridgehead atoms. The highest BCUT2D eigenvalue weighted by Gasteiger charge is 2.33. The molecule has 0 saturated heterocycles. The molecule has 0 N–H and O–H groups in total. The molecule has 0 unspecified atom stereocenters. The lowest BCUT2D eigenvalue weighted by molar-refractivity contribution is -0.0116. The van der Waals surface area contributed by atoms with Crippen LogP contribution in [-0.4, -0.2) is 147 Å². The molecule has 0 spiro atoms. The van der Waals surface area contributed by atoms with E-state index < -0.39 is 6.16 Å². The van der Waals surface area contributed by atoms with Crippen molar-refractivity contribution in [2.24, 2.45) is 0 Å². The van der Waals surface area contributed by atoms with Gasteiger partial charge in [-0.25, -0.2) is 4.79 Å². The van der Waals surface area contributed by atoms with E-state index >= 15 is 0 Å². The van der Waals surface area contributed by atoms with Crippen LogP contribution in [0.2, 0.25) is 0 Å². The van der Waals surface area contributed by atoms with Gasteiger partial charge in [0.2, 0.25) is 10.9 Å². The van der Waals surface area contributed by atoms with E-state index in [2.05, 4.69) is 107 Å². The van der Waals surface area contributed by atoms with Crippen LogP contribution in [0.5, 0.6) is 23.0 Å². The standard InChI is InChI=1S/C81H116N2O17/c1-61-73(97-59-63-23-17-15-18-24-63)71(84)29-31-82(61)33-37-89-41-45-93-49-53-95-51-47-91-43-39-87-35-21-27-65-55-67(78(3,4)5)75(68(56-65)79(6,7)8)99-77(86)100-76-69(80(9,10)11)57-66(58-70(76)81(12,13)14)28-22-36-88-40-44-92-48-52-96-54-50-94-46-42-90-38-34-83-32-30-72(85)74(62(83)2)98-60-64-25-19-16-20-26-64/h15-20,23-26,29-32,55-58H,21-22,27-28,33-54,59-60H2,1-14H3. The van der Waals surface area contributed by atoms with Crippen molar-refractivity contribution in [3.8, 4) is 23.0 Å². The first-order valence-corrected chi connectivity index (χ1v) is 35.6. The molecule has 0 saturated carbocycles. The molecule has 552 valence electrons. The van der Waals surface area contributed by atoms with Crippen LogP contribution in [0.1, 0.15) is 152 Å². The highest BCUT2D eigenvalue weighted by Crippen LogP contribution is 2.44. The van der Waals surface area contributed by atoms with Gasteiger partial charge in [-0.3, -0.25) is 9.59 Å². The summed E-state index contributed by atoms with van der Waals surface area (Å²) in [7, 11) is 0. The number of nitrogens with zero attached hydrogens (tertiary/aromatic N) is 2. The van der Waals surface area contributed by atoms with Gasteiger partial charge in [0, 0.05) is 73.1 Å². The Bertz CT molecular complexity index is 3170. The average molecular weight is 1390 g/mol. The maximum atomic E-state index is 14.4. The third-order valence-electron chi connectivity index (χ3n) is 16.6. The molecule has 6 aromatic rings. The Morgan fingerprint density at radius 3 is 0.860 bits per heavy atom. The zero-order chi connectivity index (χ0) is 72.4. The number of aromatic nitrogens is 2. The third kappa shape index (κ3) is 29.3. The Morgan fingerprint density at radius 2 is 0.590 bits per heavy atom. The molecule has 0 aliphatic heterocycles. The van der Waals surface area contributed by atoms with Crippen molar-refractivity contribution in [1.82, 2.24) is 9.13 Å². The van der Waals surface area contributed by atoms with E-state index in [1.807, 2.05) is 83.6 Å². The van der Waals surface area contributed by atoms with E-state index in [-0.39, 0.29) is 32.5 Å². The summed E-state index contributed by atoms with van der Waals surface area (Å²) >= 11 is 0. The molecule has 0 radical (unpaired) electrons. The maximum Gasteiger partial charge on any atom is 0.519 e. The number of carbonyl (C=O) groups is 1. The van der Waals surface area contributed by atoms with Crippen molar-refractivity contribution >= 4 is 6.16 Å². The minimum Gasteiger partial charge on any atom is -0.483 e. The lowest BCUT2D eigenvalue weighted by atomic mass is 9.78. The van der Waals surface area contributed by atoms with Crippen LogP contribution in [0.15, 0.2) is 119 Å². The fourth-order valence-electron chi connectivity index (χ4n) is 11.0. The number of benzene rings is 4. The second-order valence-corrected chi connectivity index (χ2v) is 28.9. The highest BCUT2D eigenvalue weighted by atomic mass is 16.7. The van der Waals surface area contributed by atoms with Gasteiger partial charge in [-0.1, -0.05) is 168 Å². The molecule has 2 aromatic heterocycles. The molecule has 19 nitrogen and oxygen atoms in total. The Kier molecular flexibility index (Phi) is 35.0. The van der Waals surface area contributed by atoms with Gasteiger partial charge in [0.15, 0.2) is 11.5 Å². The van der Waals surface area contributed by atoms with Crippen LogP contribution in [0.4, 0.5) is 4.79 Å². The Labute approximate surface area is 595 Å². The molecule has 0 fully saturated rings. The highest BCUT2D eigenvalue weighted by molar-refractivity contribution is 5.71. The van der Waals surface area contributed by atoms with E-state index in [0.29, 0.717) is 181 Å². The molecule has 2 heterocycles. The quantitative estimate of drug-likeness (QED) is 0.0199. The third-order valence-corrected chi connectivity index (χ3v) is 16.6. The Hall–Kier alpha value is -6.75. The van der Waals surface area contributed by atoms with Crippen molar-refractivity contribution in [1.29, 1.82) is 0 Å². The van der Waals surface area contributed by atoms with Crippen molar-refractivity contribution in [3.05, 3.63) is 186 Å². The van der Waals surface area contributed by atoms with Gasteiger partial charge in [0.25, 0.3) is 0 Å². The smallest absolute Gasteiger partial charge is 0.483 e. The Balaban J connectivity index is 0.830. The fraction of sp³-hybridized carbons (Fsp3) is 0.568. The van der Waals surface area contributed by atoms with Crippen molar-refractivity contribution in [2.45, 2.75) is 171 Å². The SMILES string of the molecule is Cc1c(OCc2ccccc2)c(=O)ccn1CCOCCOCCOCCOCCOCCCc1cc(C(C)(C)C)c(OC(=O)Oc2c(C(C)(C)C)cc(CCCOCCOCCOCCOCCOCCn3ccc(=O)c(OCc4ccccc4)c3C)cc2C(C)(C)C)c(C(C)(C)C)c1. The number of hydrogen-bond donors (Lipinski definition) is 0. The summed E-state index contributed by atoms with van der Waals surface area (Å²) in [5, 5.41) is 0. The molecule has 0 aliphatic carbocycles. The van der Waals surface area contributed by atoms with Crippen molar-refractivity contribution < 1.29 is 71.1 Å². The van der Waals surface area contributed by atoms with Crippen LogP contribution >= 0.6 is 0 Å². The molecule has 4 aromatic carbocycles. The summed E-state index contributed by atoms with van der Waals surface area (Å²) < 4.78 is 86.4. The zero-order valence-corrected chi connectivity index (χ0v) is 62.5. The largest absolute Gasteiger partial charge is 0.519 e.